The van der Waals surface area contributed by atoms with Crippen LogP contribution in [-0.4, -0.2) is 51.9 Å². The van der Waals surface area contributed by atoms with E-state index < -0.39 is 41.0 Å². The minimum atomic E-state index is -2.18. The molecule has 10 nitrogen and oxygen atoms in total. The number of aliphatic hydroxyl groups is 1. The Kier molecular flexibility index (Phi) is 7.81. The molecular formula is C35H29Cl2F2N5O5. The predicted octanol–water partition coefficient (Wildman–Crippen LogP) is 5.77. The second-order valence-corrected chi connectivity index (χ2v) is 13.3. The van der Waals surface area contributed by atoms with Crippen LogP contribution in [0.1, 0.15) is 46.9 Å². The molecule has 14 heteroatoms. The molecule has 252 valence electrons. The van der Waals surface area contributed by atoms with Crippen molar-refractivity contribution in [2.45, 2.75) is 36.6 Å². The van der Waals surface area contributed by atoms with Gasteiger partial charge in [0.25, 0.3) is 5.91 Å². The van der Waals surface area contributed by atoms with E-state index in [1.165, 1.54) is 54.4 Å². The van der Waals surface area contributed by atoms with Crippen LogP contribution in [-0.2, 0) is 21.6 Å². The molecule has 0 radical (unpaired) electrons. The molecule has 0 saturated heterocycles. The highest BCUT2D eigenvalue weighted by atomic mass is 35.5. The number of hydrogen-bond acceptors (Lipinski definition) is 7. The van der Waals surface area contributed by atoms with Crippen LogP contribution in [0.2, 0.25) is 10.0 Å². The molecule has 0 spiro atoms. The third-order valence-electron chi connectivity index (χ3n) is 9.18. The molecule has 0 bridgehead atoms. The molecule has 49 heavy (non-hydrogen) atoms. The van der Waals surface area contributed by atoms with Crippen LogP contribution in [0.3, 0.4) is 0 Å². The zero-order chi connectivity index (χ0) is 34.9. The molecule has 3 heterocycles. The Bertz CT molecular complexity index is 2190. The first-order valence-corrected chi connectivity index (χ1v) is 16.0. The number of nitrogens with zero attached hydrogens (tertiary/aromatic N) is 3. The zero-order valence-corrected chi connectivity index (χ0v) is 27.7. The van der Waals surface area contributed by atoms with E-state index in [9.17, 15) is 23.5 Å². The maximum absolute atomic E-state index is 14.8. The highest BCUT2D eigenvalue weighted by molar-refractivity contribution is 6.43. The zero-order valence-electron chi connectivity index (χ0n) is 26.2. The highest BCUT2D eigenvalue weighted by Crippen LogP contribution is 2.48. The number of carbonyl (C=O) groups is 2. The van der Waals surface area contributed by atoms with Crippen molar-refractivity contribution in [2.24, 2.45) is 5.73 Å². The molecule has 2 aromatic heterocycles. The Labute approximate surface area is 288 Å². The number of rotatable bonds is 9. The Morgan fingerprint density at radius 2 is 1.92 bits per heavy atom. The molecule has 0 unspecified atom stereocenters. The Balaban J connectivity index is 1.34. The standard InChI is InChI=1S/C35H29Cl2F2N5O5/c1-33(32(40)46)17-49-30-23(33)14-26(42-29(30)22-7-4-8-24(36)27(22)37)35(47,20-5-3-6-21(38)13-20)16-41-31(45)18-11-19-15-44(34(39)9-10-34)43-28(19)25(12-18)48-2/h3-8,11-15,47H,9-10,16-17H2,1-2H3,(H2,40,46)(H,41,45)/t33-,35+/m0/s1. The number of nitrogens with one attached hydrogen (secondary N) is 1. The van der Waals surface area contributed by atoms with E-state index in [-0.39, 0.29) is 50.7 Å². The second-order valence-electron chi connectivity index (χ2n) is 12.5. The van der Waals surface area contributed by atoms with Gasteiger partial charge in [0.1, 0.15) is 46.1 Å². The quantitative estimate of drug-likeness (QED) is 0.177. The summed E-state index contributed by atoms with van der Waals surface area (Å²) >= 11 is 13.0. The van der Waals surface area contributed by atoms with E-state index in [0.717, 1.165) is 6.07 Å². The summed E-state index contributed by atoms with van der Waals surface area (Å²) in [6.45, 7) is 0.968. The lowest BCUT2D eigenvalue weighted by atomic mass is 9.80. The average Bonchev–Trinajstić information content (AvgIpc) is 3.52. The van der Waals surface area contributed by atoms with Crippen molar-refractivity contribution < 1.29 is 33.0 Å². The van der Waals surface area contributed by atoms with Gasteiger partial charge in [0.2, 0.25) is 11.7 Å². The van der Waals surface area contributed by atoms with Gasteiger partial charge in [0.15, 0.2) is 0 Å². The van der Waals surface area contributed by atoms with Crippen molar-refractivity contribution in [3.8, 4) is 22.8 Å². The van der Waals surface area contributed by atoms with Gasteiger partial charge in [-0.05, 0) is 48.9 Å². The van der Waals surface area contributed by atoms with Crippen molar-refractivity contribution in [2.75, 3.05) is 20.3 Å². The molecule has 4 N–H and O–H groups in total. The maximum atomic E-state index is 14.8. The van der Waals surface area contributed by atoms with Crippen LogP contribution < -0.4 is 20.5 Å². The summed E-state index contributed by atoms with van der Waals surface area (Å²) in [5, 5.41) is 20.4. The van der Waals surface area contributed by atoms with Crippen molar-refractivity contribution in [1.29, 1.82) is 0 Å². The van der Waals surface area contributed by atoms with Gasteiger partial charge in [-0.25, -0.2) is 18.4 Å². The number of pyridine rings is 1. The van der Waals surface area contributed by atoms with Crippen LogP contribution in [0.4, 0.5) is 8.78 Å². The lowest BCUT2D eigenvalue weighted by molar-refractivity contribution is -0.123. The van der Waals surface area contributed by atoms with Crippen LogP contribution in [0.5, 0.6) is 11.5 Å². The molecule has 1 saturated carbocycles. The fourth-order valence-electron chi connectivity index (χ4n) is 5.99. The summed E-state index contributed by atoms with van der Waals surface area (Å²) in [6.07, 6.45) is 2.18. The van der Waals surface area contributed by atoms with Gasteiger partial charge in [0, 0.05) is 41.1 Å². The first-order chi connectivity index (χ1) is 23.3. The van der Waals surface area contributed by atoms with Gasteiger partial charge >= 0.3 is 0 Å². The number of benzene rings is 3. The van der Waals surface area contributed by atoms with Gasteiger partial charge < -0.3 is 25.6 Å². The number of carbonyl (C=O) groups excluding carboxylic acids is 2. The van der Waals surface area contributed by atoms with Crippen LogP contribution in [0, 0.1) is 5.82 Å². The molecule has 5 aromatic rings. The summed E-state index contributed by atoms with van der Waals surface area (Å²) < 4.78 is 42.2. The summed E-state index contributed by atoms with van der Waals surface area (Å²) in [6, 6.07) is 14.5. The number of aromatic nitrogens is 3. The number of alkyl halides is 1. The molecule has 2 atom stereocenters. The molecule has 2 amide bonds. The van der Waals surface area contributed by atoms with Crippen molar-refractivity contribution in [1.82, 2.24) is 20.1 Å². The lowest BCUT2D eigenvalue weighted by Gasteiger charge is -2.30. The Hall–Kier alpha value is -4.78. The number of fused-ring (bicyclic) bond motifs is 2. The summed E-state index contributed by atoms with van der Waals surface area (Å²) in [4.78, 5) is 31.2. The number of primary amides is 1. The number of nitrogens with two attached hydrogens (primary N) is 1. The number of methoxy groups -OCH3 is 1. The topological polar surface area (TPSA) is 142 Å². The van der Waals surface area contributed by atoms with Crippen molar-refractivity contribution in [3.05, 3.63) is 105 Å². The minimum absolute atomic E-state index is 0.0510. The van der Waals surface area contributed by atoms with Gasteiger partial charge in [-0.1, -0.05) is 47.5 Å². The molecule has 1 aliphatic carbocycles. The number of ether oxygens (including phenoxy) is 2. The smallest absolute Gasteiger partial charge is 0.251 e. The number of hydrogen-bond donors (Lipinski definition) is 3. The molecule has 3 aromatic carbocycles. The third-order valence-corrected chi connectivity index (χ3v) is 10.0. The predicted molar refractivity (Wildman–Crippen MR) is 178 cm³/mol. The average molecular weight is 709 g/mol. The monoisotopic (exact) mass is 707 g/mol. The summed E-state index contributed by atoms with van der Waals surface area (Å²) in [5.41, 5.74) is 3.63. The van der Waals surface area contributed by atoms with E-state index in [0.29, 0.717) is 34.9 Å². The van der Waals surface area contributed by atoms with Crippen molar-refractivity contribution in [3.63, 3.8) is 0 Å². The fourth-order valence-corrected chi connectivity index (χ4v) is 6.38. The first kappa shape index (κ1) is 32.8. The van der Waals surface area contributed by atoms with Gasteiger partial charge in [0.05, 0.1) is 29.4 Å². The molecule has 7 rings (SSSR count). The van der Waals surface area contributed by atoms with E-state index in [1.54, 1.807) is 25.1 Å². The summed E-state index contributed by atoms with van der Waals surface area (Å²) in [5.74, 6) is -3.08. The van der Waals surface area contributed by atoms with E-state index in [4.69, 9.17) is 43.4 Å². The van der Waals surface area contributed by atoms with E-state index >= 15 is 0 Å². The van der Waals surface area contributed by atoms with Crippen molar-refractivity contribution >= 4 is 45.9 Å². The normalized spacial score (nSPS) is 18.8. The SMILES string of the molecule is COc1cc(C(=O)NC[C@@](O)(c2cccc(F)c2)c2cc3c(c(-c4cccc(Cl)c4Cl)n2)OC[C@]3(C)C(N)=O)cc2cn(C3(F)CC3)nc12. The largest absolute Gasteiger partial charge is 0.494 e. The fraction of sp³-hybridized carbons (Fsp3) is 0.257. The Morgan fingerprint density at radius 3 is 2.61 bits per heavy atom. The molecule has 1 aliphatic heterocycles. The second kappa shape index (κ2) is 11.7. The minimum Gasteiger partial charge on any atom is -0.494 e. The molecule has 1 fully saturated rings. The molecular weight excluding hydrogens is 679 g/mol. The summed E-state index contributed by atoms with van der Waals surface area (Å²) in [7, 11) is 1.41. The number of halogens is 4. The van der Waals surface area contributed by atoms with Gasteiger partial charge in [-0.3, -0.25) is 9.59 Å². The number of amides is 2. The van der Waals surface area contributed by atoms with Gasteiger partial charge in [-0.2, -0.15) is 5.10 Å². The molecule has 2 aliphatic rings. The maximum Gasteiger partial charge on any atom is 0.251 e. The first-order valence-electron chi connectivity index (χ1n) is 15.2. The van der Waals surface area contributed by atoms with Crippen LogP contribution in [0.15, 0.2) is 66.9 Å². The lowest BCUT2D eigenvalue weighted by Crippen LogP contribution is -2.43. The Morgan fingerprint density at radius 1 is 1.16 bits per heavy atom. The highest BCUT2D eigenvalue weighted by Gasteiger charge is 2.47. The van der Waals surface area contributed by atoms with Crippen LogP contribution >= 0.6 is 23.2 Å². The van der Waals surface area contributed by atoms with E-state index in [2.05, 4.69) is 10.4 Å². The third kappa shape index (κ3) is 5.44. The van der Waals surface area contributed by atoms with E-state index in [1.807, 2.05) is 0 Å². The van der Waals surface area contributed by atoms with Crippen LogP contribution in [0.25, 0.3) is 22.2 Å². The van der Waals surface area contributed by atoms with Gasteiger partial charge in [-0.15, -0.1) is 0 Å².